The molecule has 1 N–H and O–H groups in total. The second-order valence-corrected chi connectivity index (χ2v) is 4.86. The maximum Gasteiger partial charge on any atom is 0.352 e. The highest BCUT2D eigenvalue weighted by molar-refractivity contribution is 6.05. The van der Waals surface area contributed by atoms with Gasteiger partial charge in [-0.3, -0.25) is 10.1 Å². The lowest BCUT2D eigenvalue weighted by Gasteiger charge is -2.34. The molecule has 0 fully saturated rings. The van der Waals surface area contributed by atoms with Gasteiger partial charge < -0.3 is 5.32 Å². The first kappa shape index (κ1) is 16.1. The monoisotopic (exact) mass is 315 g/mol. The van der Waals surface area contributed by atoms with Crippen LogP contribution in [0.1, 0.15) is 18.5 Å². The summed E-state index contributed by atoms with van der Waals surface area (Å²) in [6.07, 6.45) is 0. The fourth-order valence-corrected chi connectivity index (χ4v) is 2.43. The quantitative estimate of drug-likeness (QED) is 0.659. The van der Waals surface area contributed by atoms with Crippen LogP contribution in [-0.4, -0.2) is 34.6 Å². The van der Waals surface area contributed by atoms with Gasteiger partial charge in [0.1, 0.15) is 5.92 Å². The molecule has 2 unspecified atom stereocenters. The summed E-state index contributed by atoms with van der Waals surface area (Å²) in [6, 6.07) is 4.99. The van der Waals surface area contributed by atoms with E-state index in [2.05, 4.69) is 10.3 Å². The van der Waals surface area contributed by atoms with Crippen LogP contribution in [0.5, 0.6) is 0 Å². The molecule has 118 valence electrons. The van der Waals surface area contributed by atoms with Gasteiger partial charge in [-0.2, -0.15) is 5.26 Å². The van der Waals surface area contributed by atoms with E-state index in [0.717, 1.165) is 4.90 Å². The van der Waals surface area contributed by atoms with Crippen LogP contribution in [0.4, 0.5) is 15.3 Å². The zero-order valence-electron chi connectivity index (χ0n) is 12.4. The number of nitrogens with zero attached hydrogens (tertiary/aromatic N) is 4. The number of carbonyl (C=O) groups is 2. The van der Waals surface area contributed by atoms with Crippen molar-refractivity contribution in [2.75, 3.05) is 7.05 Å². The zero-order chi connectivity index (χ0) is 17.1. The van der Waals surface area contributed by atoms with Crippen molar-refractivity contribution in [2.24, 2.45) is 10.9 Å². The largest absolute Gasteiger partial charge is 0.352 e. The Hall–Kier alpha value is -3.28. The zero-order valence-corrected chi connectivity index (χ0v) is 12.4. The molecule has 0 aliphatic carbocycles. The Morgan fingerprint density at radius 3 is 2.78 bits per heavy atom. The molecule has 4 amide bonds. The number of hydrogen-bond acceptors (Lipinski definition) is 5. The fraction of sp³-hybridized carbons (Fsp3) is 0.286. The van der Waals surface area contributed by atoms with Crippen molar-refractivity contribution in [1.29, 1.82) is 5.26 Å². The topological polar surface area (TPSA) is 129 Å². The number of urea groups is 2. The van der Waals surface area contributed by atoms with Gasteiger partial charge in [0.25, 0.3) is 5.69 Å². The minimum Gasteiger partial charge on any atom is -0.341 e. The molecular formula is C14H13N5O4. The van der Waals surface area contributed by atoms with Crippen molar-refractivity contribution in [1.82, 2.24) is 10.2 Å². The van der Waals surface area contributed by atoms with E-state index in [9.17, 15) is 25.0 Å². The number of nitro groups is 1. The molecule has 0 spiro atoms. The molecule has 2 rings (SSSR count). The minimum absolute atomic E-state index is 0.191. The SMILES string of the molecule is CNC(=O)N1C(=O)N=C(C)C(C#N)C1c1cccc([N+](=O)[O-])c1. The highest BCUT2D eigenvalue weighted by Gasteiger charge is 2.42. The van der Waals surface area contributed by atoms with E-state index in [-0.39, 0.29) is 11.4 Å². The van der Waals surface area contributed by atoms with Gasteiger partial charge in [-0.15, -0.1) is 0 Å². The van der Waals surface area contributed by atoms with Crippen LogP contribution in [0.3, 0.4) is 0 Å². The average molecular weight is 315 g/mol. The molecule has 1 aliphatic rings. The Balaban J connectivity index is 2.62. The summed E-state index contributed by atoms with van der Waals surface area (Å²) in [6.45, 7) is 1.51. The van der Waals surface area contributed by atoms with Gasteiger partial charge in [0.05, 0.1) is 17.0 Å². The predicted octanol–water partition coefficient (Wildman–Crippen LogP) is 2.01. The number of non-ortho nitro benzene ring substituents is 1. The van der Waals surface area contributed by atoms with Crippen molar-refractivity contribution in [3.63, 3.8) is 0 Å². The van der Waals surface area contributed by atoms with Crippen LogP contribution in [0.25, 0.3) is 0 Å². The minimum atomic E-state index is -0.982. The van der Waals surface area contributed by atoms with Crippen LogP contribution >= 0.6 is 0 Å². The third-order valence-electron chi connectivity index (χ3n) is 3.52. The molecule has 0 bridgehead atoms. The summed E-state index contributed by atoms with van der Waals surface area (Å²) >= 11 is 0. The maximum atomic E-state index is 12.1. The van der Waals surface area contributed by atoms with Crippen LogP contribution in [0.2, 0.25) is 0 Å². The number of nitriles is 1. The lowest BCUT2D eigenvalue weighted by atomic mass is 9.88. The smallest absolute Gasteiger partial charge is 0.341 e. The van der Waals surface area contributed by atoms with Gasteiger partial charge in [-0.05, 0) is 12.5 Å². The number of carbonyl (C=O) groups excluding carboxylic acids is 2. The summed E-state index contributed by atoms with van der Waals surface area (Å²) < 4.78 is 0. The standard InChI is InChI=1S/C14H13N5O4/c1-8-11(7-15)12(18(13(20)16-2)14(21)17-8)9-4-3-5-10(6-9)19(22)23/h3-6,11-12H,1-2H3,(H,16,20). The first-order valence-corrected chi connectivity index (χ1v) is 6.64. The molecule has 0 saturated heterocycles. The first-order chi connectivity index (χ1) is 10.9. The van der Waals surface area contributed by atoms with Crippen LogP contribution < -0.4 is 5.32 Å². The third-order valence-corrected chi connectivity index (χ3v) is 3.52. The Morgan fingerprint density at radius 2 is 2.22 bits per heavy atom. The fourth-order valence-electron chi connectivity index (χ4n) is 2.43. The van der Waals surface area contributed by atoms with Crippen LogP contribution in [0.15, 0.2) is 29.3 Å². The second-order valence-electron chi connectivity index (χ2n) is 4.86. The number of hydrogen-bond donors (Lipinski definition) is 1. The van der Waals surface area contributed by atoms with Crippen molar-refractivity contribution < 1.29 is 14.5 Å². The third kappa shape index (κ3) is 2.87. The van der Waals surface area contributed by atoms with E-state index in [4.69, 9.17) is 0 Å². The number of rotatable bonds is 2. The summed E-state index contributed by atoms with van der Waals surface area (Å²) in [7, 11) is 1.34. The molecule has 2 atom stereocenters. The molecular weight excluding hydrogens is 302 g/mol. The molecule has 0 radical (unpaired) electrons. The average Bonchev–Trinajstić information content (AvgIpc) is 2.53. The number of nitro benzene ring substituents is 1. The van der Waals surface area contributed by atoms with E-state index in [1.165, 1.54) is 38.2 Å². The van der Waals surface area contributed by atoms with Gasteiger partial charge in [-0.25, -0.2) is 19.5 Å². The van der Waals surface area contributed by atoms with Gasteiger partial charge in [-0.1, -0.05) is 12.1 Å². The van der Waals surface area contributed by atoms with E-state index in [1.807, 2.05) is 6.07 Å². The molecule has 23 heavy (non-hydrogen) atoms. The number of nitrogens with one attached hydrogen (secondary N) is 1. The van der Waals surface area contributed by atoms with Gasteiger partial charge in [0.15, 0.2) is 0 Å². The lowest BCUT2D eigenvalue weighted by molar-refractivity contribution is -0.385. The number of benzene rings is 1. The molecule has 1 aliphatic heterocycles. The summed E-state index contributed by atoms with van der Waals surface area (Å²) in [5.74, 6) is -0.882. The van der Waals surface area contributed by atoms with Crippen molar-refractivity contribution in [3.8, 4) is 6.07 Å². The van der Waals surface area contributed by atoms with Crippen LogP contribution in [-0.2, 0) is 0 Å². The Bertz CT molecular complexity index is 752. The van der Waals surface area contributed by atoms with E-state index in [0.29, 0.717) is 5.56 Å². The van der Waals surface area contributed by atoms with Gasteiger partial charge in [0, 0.05) is 24.9 Å². The highest BCUT2D eigenvalue weighted by atomic mass is 16.6. The van der Waals surface area contributed by atoms with E-state index in [1.54, 1.807) is 0 Å². The predicted molar refractivity (Wildman–Crippen MR) is 79.7 cm³/mol. The molecule has 1 aromatic rings. The first-order valence-electron chi connectivity index (χ1n) is 6.64. The number of aliphatic imine (C=N–C) groups is 1. The normalized spacial score (nSPS) is 20.5. The molecule has 9 nitrogen and oxygen atoms in total. The van der Waals surface area contributed by atoms with Crippen molar-refractivity contribution >= 4 is 23.5 Å². The molecule has 9 heteroatoms. The molecule has 1 heterocycles. The van der Waals surface area contributed by atoms with Crippen LogP contribution in [0, 0.1) is 27.4 Å². The molecule has 0 saturated carbocycles. The maximum absolute atomic E-state index is 12.1. The van der Waals surface area contributed by atoms with Gasteiger partial charge in [0.2, 0.25) is 0 Å². The summed E-state index contributed by atoms with van der Waals surface area (Å²) in [5.41, 5.74) is 0.384. The Morgan fingerprint density at radius 1 is 1.52 bits per heavy atom. The second kappa shape index (κ2) is 6.23. The number of amides is 4. The van der Waals surface area contributed by atoms with Crippen molar-refractivity contribution in [2.45, 2.75) is 13.0 Å². The Kier molecular flexibility index (Phi) is 4.36. The summed E-state index contributed by atoms with van der Waals surface area (Å²) in [4.78, 5) is 39.0. The van der Waals surface area contributed by atoms with E-state index >= 15 is 0 Å². The van der Waals surface area contributed by atoms with Crippen molar-refractivity contribution in [3.05, 3.63) is 39.9 Å². The van der Waals surface area contributed by atoms with Gasteiger partial charge >= 0.3 is 12.1 Å². The highest BCUT2D eigenvalue weighted by Crippen LogP contribution is 2.35. The summed E-state index contributed by atoms with van der Waals surface area (Å²) in [5, 5.41) is 22.7. The molecule has 1 aromatic carbocycles. The Labute approximate surface area is 131 Å². The molecule has 0 aromatic heterocycles. The lowest BCUT2D eigenvalue weighted by Crippen LogP contribution is -2.49. The number of imide groups is 1. The van der Waals surface area contributed by atoms with E-state index < -0.39 is 28.9 Å².